The molecule has 2 aromatic carbocycles. The van der Waals surface area contributed by atoms with Crippen molar-refractivity contribution < 1.29 is 14.5 Å². The van der Waals surface area contributed by atoms with Crippen LogP contribution in [0.25, 0.3) is 0 Å². The Morgan fingerprint density at radius 3 is 2.61 bits per heavy atom. The summed E-state index contributed by atoms with van der Waals surface area (Å²) < 4.78 is 5.22. The van der Waals surface area contributed by atoms with Gasteiger partial charge >= 0.3 is 0 Å². The van der Waals surface area contributed by atoms with Crippen LogP contribution in [0.5, 0.6) is 5.75 Å². The summed E-state index contributed by atoms with van der Waals surface area (Å²) in [6.07, 6.45) is 1.64. The van der Waals surface area contributed by atoms with Crippen molar-refractivity contribution in [3.63, 3.8) is 0 Å². The number of benzene rings is 2. The van der Waals surface area contributed by atoms with E-state index < -0.39 is 10.8 Å². The number of anilines is 1. The number of nitrogens with zero attached hydrogens (tertiary/aromatic N) is 3. The molecular weight excluding hydrogens is 396 g/mol. The number of hydrogen-bond acceptors (Lipinski definition) is 7. The second kappa shape index (κ2) is 7.95. The zero-order chi connectivity index (χ0) is 22.1. The van der Waals surface area contributed by atoms with Gasteiger partial charge in [0.15, 0.2) is 5.78 Å². The van der Waals surface area contributed by atoms with Crippen LogP contribution in [0.3, 0.4) is 0 Å². The molecule has 1 atom stereocenters. The summed E-state index contributed by atoms with van der Waals surface area (Å²) in [7, 11) is 1.57. The lowest BCUT2D eigenvalue weighted by atomic mass is 9.75. The number of nitrogens with two attached hydrogens (primary N) is 1. The lowest BCUT2D eigenvalue weighted by molar-refractivity contribution is -0.384. The van der Waals surface area contributed by atoms with E-state index >= 15 is 0 Å². The Bertz CT molecular complexity index is 1170. The fourth-order valence-corrected chi connectivity index (χ4v) is 4.26. The van der Waals surface area contributed by atoms with Crippen LogP contribution in [-0.4, -0.2) is 17.8 Å². The maximum Gasteiger partial charge on any atom is 0.269 e. The van der Waals surface area contributed by atoms with Crippen LogP contribution in [0.15, 0.2) is 71.2 Å². The lowest BCUT2D eigenvalue weighted by Crippen LogP contribution is -2.38. The number of ether oxygens (including phenoxy) is 1. The highest BCUT2D eigenvalue weighted by atomic mass is 16.6. The minimum atomic E-state index is -0.734. The van der Waals surface area contributed by atoms with E-state index in [0.717, 1.165) is 5.70 Å². The number of nitro groups is 1. The van der Waals surface area contributed by atoms with E-state index in [2.05, 4.69) is 6.07 Å². The molecule has 8 nitrogen and oxygen atoms in total. The number of methoxy groups -OCH3 is 1. The number of ketones is 1. The highest BCUT2D eigenvalue weighted by molar-refractivity contribution is 6.01. The van der Waals surface area contributed by atoms with Crippen molar-refractivity contribution in [3.05, 3.63) is 86.9 Å². The molecule has 0 spiro atoms. The Kier molecular flexibility index (Phi) is 5.17. The number of carbonyl (C=O) groups excluding carboxylic acids is 1. The first kappa shape index (κ1) is 20.2. The van der Waals surface area contributed by atoms with Gasteiger partial charge in [0.1, 0.15) is 11.6 Å². The van der Waals surface area contributed by atoms with Crippen LogP contribution >= 0.6 is 0 Å². The number of non-ortho nitro benzene ring substituents is 1. The maximum absolute atomic E-state index is 13.1. The second-order valence-corrected chi connectivity index (χ2v) is 7.37. The van der Waals surface area contributed by atoms with Crippen LogP contribution in [-0.2, 0) is 4.79 Å². The highest BCUT2D eigenvalue weighted by Crippen LogP contribution is 2.46. The first-order valence-corrected chi connectivity index (χ1v) is 9.80. The van der Waals surface area contributed by atoms with E-state index in [-0.39, 0.29) is 22.9 Å². The highest BCUT2D eigenvalue weighted by Gasteiger charge is 2.40. The number of hydrogen-bond donors (Lipinski definition) is 1. The molecule has 0 radical (unpaired) electrons. The van der Waals surface area contributed by atoms with Gasteiger partial charge in [-0.3, -0.25) is 19.8 Å². The van der Waals surface area contributed by atoms with E-state index in [9.17, 15) is 20.2 Å². The molecule has 31 heavy (non-hydrogen) atoms. The molecule has 0 saturated heterocycles. The molecule has 4 rings (SSSR count). The molecule has 0 amide bonds. The molecule has 2 aliphatic rings. The van der Waals surface area contributed by atoms with Crippen molar-refractivity contribution in [1.29, 1.82) is 5.26 Å². The number of nitro benzene ring substituents is 1. The van der Waals surface area contributed by atoms with Gasteiger partial charge < -0.3 is 10.5 Å². The summed E-state index contributed by atoms with van der Waals surface area (Å²) in [6.45, 7) is 0. The minimum absolute atomic E-state index is 0.0727. The fourth-order valence-electron chi connectivity index (χ4n) is 4.26. The van der Waals surface area contributed by atoms with Crippen molar-refractivity contribution in [3.8, 4) is 11.8 Å². The van der Waals surface area contributed by atoms with Crippen molar-refractivity contribution in [2.45, 2.75) is 25.2 Å². The molecule has 2 N–H and O–H groups in total. The fraction of sp³-hybridized carbons (Fsp3) is 0.217. The van der Waals surface area contributed by atoms with E-state index in [1.165, 1.54) is 12.1 Å². The zero-order valence-electron chi connectivity index (χ0n) is 16.9. The predicted octanol–water partition coefficient (Wildman–Crippen LogP) is 3.91. The Morgan fingerprint density at radius 1 is 1.23 bits per heavy atom. The standard InChI is InChI=1S/C23H20N4O4/c1-31-17-10-8-15(9-11-17)26-19-6-3-7-20(28)22(19)21(18(13-24)23(26)25)14-4-2-5-16(12-14)27(29)30/h2,4-5,8-12,21H,3,6-7,25H2,1H3/t21-/m0/s1. The first-order chi connectivity index (χ1) is 15.0. The average Bonchev–Trinajstić information content (AvgIpc) is 2.78. The predicted molar refractivity (Wildman–Crippen MR) is 114 cm³/mol. The third-order valence-electron chi connectivity index (χ3n) is 5.66. The van der Waals surface area contributed by atoms with Crippen molar-refractivity contribution >= 4 is 17.2 Å². The molecular formula is C23H20N4O4. The molecule has 0 fully saturated rings. The number of nitriles is 1. The summed E-state index contributed by atoms with van der Waals surface area (Å²) in [6, 6.07) is 15.4. The Labute approximate surface area is 179 Å². The zero-order valence-corrected chi connectivity index (χ0v) is 16.9. The van der Waals surface area contributed by atoms with Crippen LogP contribution < -0.4 is 15.4 Å². The van der Waals surface area contributed by atoms with Gasteiger partial charge in [-0.05, 0) is 42.7 Å². The van der Waals surface area contributed by atoms with Crippen molar-refractivity contribution in [1.82, 2.24) is 0 Å². The lowest BCUT2D eigenvalue weighted by Gasteiger charge is -2.39. The van der Waals surface area contributed by atoms with Gasteiger partial charge in [-0.15, -0.1) is 0 Å². The third-order valence-corrected chi connectivity index (χ3v) is 5.66. The molecule has 156 valence electrons. The van der Waals surface area contributed by atoms with Gasteiger partial charge in [-0.25, -0.2) is 0 Å². The third kappa shape index (κ3) is 3.40. The van der Waals surface area contributed by atoms with Crippen LogP contribution in [0.2, 0.25) is 0 Å². The molecule has 8 heteroatoms. The van der Waals surface area contributed by atoms with Gasteiger partial charge in [0, 0.05) is 35.5 Å². The number of Topliss-reactive ketones (excluding diaryl/α,β-unsaturated/α-hetero) is 1. The number of allylic oxidation sites excluding steroid dienone is 3. The van der Waals surface area contributed by atoms with Crippen LogP contribution in [0, 0.1) is 21.4 Å². The van der Waals surface area contributed by atoms with Gasteiger partial charge in [-0.2, -0.15) is 5.26 Å². The second-order valence-electron chi connectivity index (χ2n) is 7.37. The molecule has 0 bridgehead atoms. The topological polar surface area (TPSA) is 122 Å². The molecule has 1 aliphatic heterocycles. The monoisotopic (exact) mass is 416 g/mol. The summed E-state index contributed by atoms with van der Waals surface area (Å²) in [5, 5.41) is 21.3. The van der Waals surface area contributed by atoms with Crippen LogP contribution in [0.4, 0.5) is 11.4 Å². The van der Waals surface area contributed by atoms with Crippen molar-refractivity contribution in [2.75, 3.05) is 12.0 Å². The SMILES string of the molecule is COc1ccc(N2C(N)=C(C#N)[C@H](c3cccc([N+](=O)[O-])c3)C3=C2CCCC3=O)cc1. The summed E-state index contributed by atoms with van der Waals surface area (Å²) in [4.78, 5) is 25.6. The Balaban J connectivity index is 1.93. The van der Waals surface area contributed by atoms with E-state index in [1.807, 2.05) is 12.1 Å². The van der Waals surface area contributed by atoms with Crippen molar-refractivity contribution in [2.24, 2.45) is 5.73 Å². The first-order valence-electron chi connectivity index (χ1n) is 9.80. The quantitative estimate of drug-likeness (QED) is 0.592. The average molecular weight is 416 g/mol. The largest absolute Gasteiger partial charge is 0.497 e. The maximum atomic E-state index is 13.1. The smallest absolute Gasteiger partial charge is 0.269 e. The molecule has 1 aliphatic carbocycles. The summed E-state index contributed by atoms with van der Waals surface area (Å²) >= 11 is 0. The molecule has 2 aromatic rings. The number of carbonyl (C=O) groups is 1. The Hall–Kier alpha value is -4.12. The van der Waals surface area contributed by atoms with Gasteiger partial charge in [0.2, 0.25) is 0 Å². The molecule has 0 saturated carbocycles. The van der Waals surface area contributed by atoms with E-state index in [0.29, 0.717) is 41.8 Å². The van der Waals surface area contributed by atoms with Gasteiger partial charge in [0.05, 0.1) is 29.6 Å². The van der Waals surface area contributed by atoms with Gasteiger partial charge in [-0.1, -0.05) is 12.1 Å². The number of rotatable bonds is 4. The minimum Gasteiger partial charge on any atom is -0.497 e. The van der Waals surface area contributed by atoms with Gasteiger partial charge in [0.25, 0.3) is 5.69 Å². The van der Waals surface area contributed by atoms with Crippen LogP contribution in [0.1, 0.15) is 30.7 Å². The molecule has 1 heterocycles. The molecule has 0 unspecified atom stereocenters. The molecule has 0 aromatic heterocycles. The normalized spacial score (nSPS) is 18.5. The Morgan fingerprint density at radius 2 is 1.97 bits per heavy atom. The summed E-state index contributed by atoms with van der Waals surface area (Å²) in [5.41, 5.74) is 9.02. The summed E-state index contributed by atoms with van der Waals surface area (Å²) in [5.74, 6) is 0.0866. The van der Waals surface area contributed by atoms with E-state index in [4.69, 9.17) is 10.5 Å². The van der Waals surface area contributed by atoms with E-state index in [1.54, 1.807) is 36.3 Å².